The lowest BCUT2D eigenvalue weighted by molar-refractivity contribution is 0.632. The summed E-state index contributed by atoms with van der Waals surface area (Å²) in [4.78, 5) is 12.3. The molecule has 0 aliphatic carbocycles. The highest BCUT2D eigenvalue weighted by atomic mass is 79.9. The van der Waals surface area contributed by atoms with Crippen molar-refractivity contribution in [3.8, 4) is 11.4 Å². The Labute approximate surface area is 140 Å². The van der Waals surface area contributed by atoms with E-state index in [1.165, 1.54) is 0 Å². The predicted octanol–water partition coefficient (Wildman–Crippen LogP) is 5.38. The standard InChI is InChI=1S/C15H14BrN3S2/c1-8(2)5-11-13(16)15(20)19-14(18-11)9-6-12-10(17-7-9)3-4-21-12/h3-4,6-8H,5H2,1-2H3,(H,18,19,20). The van der Waals surface area contributed by atoms with E-state index in [2.05, 4.69) is 50.8 Å². The summed E-state index contributed by atoms with van der Waals surface area (Å²) in [7, 11) is 0. The van der Waals surface area contributed by atoms with E-state index >= 15 is 0 Å². The van der Waals surface area contributed by atoms with Crippen LogP contribution in [0.5, 0.6) is 0 Å². The molecule has 3 rings (SSSR count). The highest BCUT2D eigenvalue weighted by Gasteiger charge is 2.10. The first-order valence-corrected chi connectivity index (χ1v) is 8.75. The zero-order valence-corrected chi connectivity index (χ0v) is 14.9. The molecule has 3 nitrogen and oxygen atoms in total. The second-order valence-corrected chi connectivity index (χ2v) is 7.44. The molecule has 3 aromatic rings. The minimum absolute atomic E-state index is 0.542. The summed E-state index contributed by atoms with van der Waals surface area (Å²) in [6, 6.07) is 4.12. The maximum Gasteiger partial charge on any atom is 0.144 e. The third-order valence-corrected chi connectivity index (χ3v) is 5.39. The second-order valence-electron chi connectivity index (χ2n) is 5.31. The van der Waals surface area contributed by atoms with E-state index < -0.39 is 0 Å². The molecule has 0 radical (unpaired) electrons. The quantitative estimate of drug-likeness (QED) is 0.621. The largest absolute Gasteiger partial charge is 0.342 e. The number of rotatable bonds is 3. The van der Waals surface area contributed by atoms with Gasteiger partial charge in [0.25, 0.3) is 0 Å². The molecule has 0 bridgehead atoms. The van der Waals surface area contributed by atoms with Crippen LogP contribution in [-0.2, 0) is 6.42 Å². The molecule has 0 aliphatic heterocycles. The predicted molar refractivity (Wildman–Crippen MR) is 94.3 cm³/mol. The average molecular weight is 380 g/mol. The zero-order valence-electron chi connectivity index (χ0n) is 11.7. The lowest BCUT2D eigenvalue weighted by atomic mass is 10.1. The third-order valence-electron chi connectivity index (χ3n) is 3.12. The van der Waals surface area contributed by atoms with Crippen molar-refractivity contribution in [1.82, 2.24) is 15.0 Å². The van der Waals surface area contributed by atoms with Crippen LogP contribution in [0.1, 0.15) is 19.5 Å². The number of nitrogens with zero attached hydrogens (tertiary/aromatic N) is 2. The number of hydrogen-bond donors (Lipinski definition) is 1. The number of aromatic amines is 1. The van der Waals surface area contributed by atoms with E-state index in [-0.39, 0.29) is 0 Å². The van der Waals surface area contributed by atoms with Crippen LogP contribution < -0.4 is 0 Å². The van der Waals surface area contributed by atoms with Crippen LogP contribution in [0, 0.1) is 10.6 Å². The first kappa shape index (κ1) is 14.8. The van der Waals surface area contributed by atoms with Gasteiger partial charge in [-0.05, 0) is 45.8 Å². The van der Waals surface area contributed by atoms with Crippen LogP contribution in [0.2, 0.25) is 0 Å². The van der Waals surface area contributed by atoms with Crippen LogP contribution in [0.25, 0.3) is 21.6 Å². The van der Waals surface area contributed by atoms with Crippen LogP contribution in [0.3, 0.4) is 0 Å². The number of pyridine rings is 1. The van der Waals surface area contributed by atoms with Gasteiger partial charge in [0.1, 0.15) is 10.5 Å². The van der Waals surface area contributed by atoms with E-state index in [4.69, 9.17) is 12.2 Å². The molecule has 0 saturated heterocycles. The monoisotopic (exact) mass is 379 g/mol. The van der Waals surface area contributed by atoms with E-state index in [0.29, 0.717) is 10.6 Å². The molecule has 108 valence electrons. The molecule has 0 atom stereocenters. The molecule has 6 heteroatoms. The lowest BCUT2D eigenvalue weighted by Crippen LogP contribution is -2.02. The Morgan fingerprint density at radius 3 is 3.00 bits per heavy atom. The molecule has 0 spiro atoms. The molecule has 0 aromatic carbocycles. The number of halogens is 1. The highest BCUT2D eigenvalue weighted by molar-refractivity contribution is 9.10. The van der Waals surface area contributed by atoms with Crippen molar-refractivity contribution in [3.63, 3.8) is 0 Å². The topological polar surface area (TPSA) is 41.6 Å². The summed E-state index contributed by atoms with van der Waals surface area (Å²) in [6.45, 7) is 4.37. The number of fused-ring (bicyclic) bond motifs is 1. The van der Waals surface area contributed by atoms with Gasteiger partial charge in [-0.15, -0.1) is 11.3 Å². The SMILES string of the molecule is CC(C)Cc1[nH]c(-c2cnc3ccsc3c2)nc(=S)c1Br. The van der Waals surface area contributed by atoms with Gasteiger partial charge in [0.15, 0.2) is 0 Å². The molecule has 1 N–H and O–H groups in total. The molecule has 0 amide bonds. The van der Waals surface area contributed by atoms with Crippen molar-refractivity contribution >= 4 is 49.7 Å². The van der Waals surface area contributed by atoms with Gasteiger partial charge >= 0.3 is 0 Å². The molecule has 21 heavy (non-hydrogen) atoms. The number of thiophene rings is 1. The summed E-state index contributed by atoms with van der Waals surface area (Å²) in [5.41, 5.74) is 3.07. The van der Waals surface area contributed by atoms with Gasteiger partial charge in [-0.1, -0.05) is 26.1 Å². The third kappa shape index (κ3) is 3.07. The van der Waals surface area contributed by atoms with Gasteiger partial charge < -0.3 is 4.98 Å². The number of nitrogens with one attached hydrogen (secondary N) is 1. The molecule has 0 fully saturated rings. The van der Waals surface area contributed by atoms with Crippen molar-refractivity contribution in [2.24, 2.45) is 5.92 Å². The van der Waals surface area contributed by atoms with E-state index in [9.17, 15) is 0 Å². The molecular formula is C15H14BrN3S2. The summed E-state index contributed by atoms with van der Waals surface area (Å²) >= 11 is 10.6. The fraction of sp³-hybridized carbons (Fsp3) is 0.267. The van der Waals surface area contributed by atoms with Crippen molar-refractivity contribution in [2.45, 2.75) is 20.3 Å². The molecule has 0 saturated carbocycles. The van der Waals surface area contributed by atoms with Crippen LogP contribution in [0.4, 0.5) is 0 Å². The van der Waals surface area contributed by atoms with Gasteiger partial charge in [-0.2, -0.15) is 0 Å². The minimum atomic E-state index is 0.542. The van der Waals surface area contributed by atoms with Gasteiger partial charge in [-0.25, -0.2) is 4.98 Å². The smallest absolute Gasteiger partial charge is 0.144 e. The molecule has 3 aromatic heterocycles. The average Bonchev–Trinajstić information content (AvgIpc) is 2.90. The first-order chi connectivity index (χ1) is 10.0. The Hall–Kier alpha value is -1.11. The summed E-state index contributed by atoms with van der Waals surface area (Å²) in [5, 5.41) is 2.04. The Morgan fingerprint density at radius 2 is 2.24 bits per heavy atom. The van der Waals surface area contributed by atoms with Gasteiger partial charge in [-0.3, -0.25) is 4.98 Å². The fourth-order valence-corrected chi connectivity index (χ4v) is 3.51. The van der Waals surface area contributed by atoms with Crippen LogP contribution >= 0.6 is 39.5 Å². The summed E-state index contributed by atoms with van der Waals surface area (Å²) < 4.78 is 2.63. The second kappa shape index (κ2) is 5.94. The van der Waals surface area contributed by atoms with Crippen LogP contribution in [-0.4, -0.2) is 15.0 Å². The Kier molecular flexibility index (Phi) is 4.19. The first-order valence-electron chi connectivity index (χ1n) is 6.67. The van der Waals surface area contributed by atoms with Crippen molar-refractivity contribution in [2.75, 3.05) is 0 Å². The van der Waals surface area contributed by atoms with Crippen molar-refractivity contribution < 1.29 is 0 Å². The number of H-pyrrole nitrogens is 1. The number of aromatic nitrogens is 3. The van der Waals surface area contributed by atoms with E-state index in [0.717, 1.165) is 38.2 Å². The van der Waals surface area contributed by atoms with E-state index in [1.807, 2.05) is 17.6 Å². The van der Waals surface area contributed by atoms with Gasteiger partial charge in [0, 0.05) is 17.5 Å². The van der Waals surface area contributed by atoms with Gasteiger partial charge in [0.2, 0.25) is 0 Å². The molecular weight excluding hydrogens is 366 g/mol. The Morgan fingerprint density at radius 1 is 1.43 bits per heavy atom. The van der Waals surface area contributed by atoms with Gasteiger partial charge in [0.05, 0.1) is 14.7 Å². The van der Waals surface area contributed by atoms with Crippen LogP contribution in [0.15, 0.2) is 28.2 Å². The Bertz CT molecular complexity index is 851. The number of hydrogen-bond acceptors (Lipinski definition) is 4. The fourth-order valence-electron chi connectivity index (χ4n) is 2.17. The Balaban J connectivity index is 2.12. The molecule has 3 heterocycles. The minimum Gasteiger partial charge on any atom is -0.342 e. The highest BCUT2D eigenvalue weighted by Crippen LogP contribution is 2.26. The molecule has 0 aliphatic rings. The maximum absolute atomic E-state index is 5.36. The normalized spacial score (nSPS) is 11.4. The maximum atomic E-state index is 5.36. The zero-order chi connectivity index (χ0) is 15.0. The lowest BCUT2D eigenvalue weighted by Gasteiger charge is -2.10. The molecule has 0 unspecified atom stereocenters. The summed E-state index contributed by atoms with van der Waals surface area (Å²) in [6.07, 6.45) is 2.77. The van der Waals surface area contributed by atoms with Crippen molar-refractivity contribution in [1.29, 1.82) is 0 Å². The van der Waals surface area contributed by atoms with Crippen molar-refractivity contribution in [3.05, 3.63) is 38.5 Å². The van der Waals surface area contributed by atoms with E-state index in [1.54, 1.807) is 11.3 Å². The summed E-state index contributed by atoms with van der Waals surface area (Å²) in [5.74, 6) is 1.32.